The Morgan fingerprint density at radius 2 is 2.15 bits per heavy atom. The lowest BCUT2D eigenvalue weighted by Crippen LogP contribution is -2.41. The van der Waals surface area contributed by atoms with Crippen LogP contribution in [-0.4, -0.2) is 37.7 Å². The van der Waals surface area contributed by atoms with Gasteiger partial charge in [0.2, 0.25) is 0 Å². The second-order valence-electron chi connectivity index (χ2n) is 6.29. The fourth-order valence-corrected chi connectivity index (χ4v) is 3.92. The minimum Gasteiger partial charge on any atom is -0.384 e. The van der Waals surface area contributed by atoms with Crippen molar-refractivity contribution >= 4 is 0 Å². The molecule has 0 bridgehead atoms. The first kappa shape index (κ1) is 14.1. The Balaban J connectivity index is 1.75. The molecule has 0 saturated carbocycles. The molecule has 1 aromatic rings. The van der Waals surface area contributed by atoms with E-state index in [0.29, 0.717) is 12.0 Å². The first-order chi connectivity index (χ1) is 9.79. The maximum atomic E-state index is 6.62. The van der Waals surface area contributed by atoms with Crippen molar-refractivity contribution in [3.8, 4) is 0 Å². The molecule has 2 aliphatic rings. The van der Waals surface area contributed by atoms with Gasteiger partial charge in [0.1, 0.15) is 0 Å². The first-order valence-corrected chi connectivity index (χ1v) is 7.86. The Kier molecular flexibility index (Phi) is 4.39. The van der Waals surface area contributed by atoms with Crippen LogP contribution in [0.1, 0.15) is 36.4 Å². The number of hydrogen-bond donors (Lipinski definition) is 1. The van der Waals surface area contributed by atoms with Gasteiger partial charge in [0.25, 0.3) is 0 Å². The van der Waals surface area contributed by atoms with E-state index in [9.17, 15) is 0 Å². The molecular formula is C17H26N2O. The molecule has 1 aromatic carbocycles. The monoisotopic (exact) mass is 274 g/mol. The number of aryl methyl sites for hydroxylation is 1. The first-order valence-electron chi connectivity index (χ1n) is 7.86. The Hall–Kier alpha value is -0.900. The highest BCUT2D eigenvalue weighted by molar-refractivity contribution is 5.32. The molecule has 3 nitrogen and oxygen atoms in total. The molecule has 0 radical (unpaired) electrons. The summed E-state index contributed by atoms with van der Waals surface area (Å²) < 4.78 is 5.31. The predicted octanol–water partition coefficient (Wildman–Crippen LogP) is 2.36. The summed E-state index contributed by atoms with van der Waals surface area (Å²) in [6.45, 7) is 3.21. The molecule has 1 saturated heterocycles. The van der Waals surface area contributed by atoms with Gasteiger partial charge in [-0.1, -0.05) is 24.3 Å². The van der Waals surface area contributed by atoms with Crippen LogP contribution in [0.3, 0.4) is 0 Å². The lowest BCUT2D eigenvalue weighted by Gasteiger charge is -2.32. The lowest BCUT2D eigenvalue weighted by atomic mass is 9.96. The normalized spacial score (nSPS) is 31.0. The Morgan fingerprint density at radius 1 is 1.30 bits per heavy atom. The van der Waals surface area contributed by atoms with Gasteiger partial charge in [-0.3, -0.25) is 4.90 Å². The number of benzene rings is 1. The van der Waals surface area contributed by atoms with E-state index in [1.54, 1.807) is 7.11 Å². The van der Waals surface area contributed by atoms with Crippen LogP contribution in [0.5, 0.6) is 0 Å². The van der Waals surface area contributed by atoms with E-state index >= 15 is 0 Å². The van der Waals surface area contributed by atoms with Crippen LogP contribution in [0.2, 0.25) is 0 Å². The number of rotatable bonds is 3. The molecule has 3 atom stereocenters. The van der Waals surface area contributed by atoms with E-state index in [1.165, 1.54) is 43.4 Å². The molecule has 1 aliphatic heterocycles. The van der Waals surface area contributed by atoms with Gasteiger partial charge in [0, 0.05) is 25.7 Å². The fraction of sp³-hybridized carbons (Fsp3) is 0.647. The molecule has 1 aliphatic carbocycles. The van der Waals surface area contributed by atoms with E-state index in [1.807, 2.05) is 0 Å². The van der Waals surface area contributed by atoms with E-state index in [0.717, 1.165) is 13.2 Å². The third-order valence-corrected chi connectivity index (χ3v) is 4.96. The van der Waals surface area contributed by atoms with Crippen molar-refractivity contribution in [3.63, 3.8) is 0 Å². The summed E-state index contributed by atoms with van der Waals surface area (Å²) >= 11 is 0. The van der Waals surface area contributed by atoms with Gasteiger partial charge in [-0.25, -0.2) is 0 Å². The van der Waals surface area contributed by atoms with Crippen LogP contribution in [0.25, 0.3) is 0 Å². The molecule has 1 fully saturated rings. The van der Waals surface area contributed by atoms with Gasteiger partial charge in [-0.05, 0) is 49.3 Å². The molecule has 0 amide bonds. The zero-order valence-electron chi connectivity index (χ0n) is 12.4. The maximum Gasteiger partial charge on any atom is 0.0503 e. The minimum atomic E-state index is 0.162. The number of ether oxygens (including phenoxy) is 1. The van der Waals surface area contributed by atoms with Crippen molar-refractivity contribution in [2.45, 2.75) is 37.8 Å². The predicted molar refractivity (Wildman–Crippen MR) is 81.7 cm³/mol. The van der Waals surface area contributed by atoms with Crippen molar-refractivity contribution in [1.29, 1.82) is 0 Å². The van der Waals surface area contributed by atoms with E-state index in [-0.39, 0.29) is 6.04 Å². The van der Waals surface area contributed by atoms with E-state index in [4.69, 9.17) is 10.5 Å². The molecule has 3 rings (SSSR count). The summed E-state index contributed by atoms with van der Waals surface area (Å²) in [7, 11) is 1.80. The number of likely N-dealkylation sites (tertiary alicyclic amines) is 1. The molecular weight excluding hydrogens is 248 g/mol. The van der Waals surface area contributed by atoms with Crippen LogP contribution < -0.4 is 5.73 Å². The zero-order chi connectivity index (χ0) is 13.9. The zero-order valence-corrected chi connectivity index (χ0v) is 12.4. The third-order valence-electron chi connectivity index (χ3n) is 4.96. The average Bonchev–Trinajstić information content (AvgIpc) is 2.85. The van der Waals surface area contributed by atoms with Crippen molar-refractivity contribution < 1.29 is 4.74 Å². The number of fused-ring (bicyclic) bond motifs is 1. The van der Waals surface area contributed by atoms with Crippen LogP contribution in [0.4, 0.5) is 0 Å². The summed E-state index contributed by atoms with van der Waals surface area (Å²) in [5, 5.41) is 0. The van der Waals surface area contributed by atoms with Gasteiger partial charge >= 0.3 is 0 Å². The highest BCUT2D eigenvalue weighted by Gasteiger charge is 2.33. The van der Waals surface area contributed by atoms with Crippen LogP contribution in [0, 0.1) is 5.92 Å². The van der Waals surface area contributed by atoms with E-state index in [2.05, 4.69) is 29.2 Å². The number of hydrogen-bond acceptors (Lipinski definition) is 3. The number of nitrogens with two attached hydrogens (primary N) is 1. The Bertz CT molecular complexity index is 448. The number of nitrogens with zero attached hydrogens (tertiary/aromatic N) is 1. The Morgan fingerprint density at radius 3 is 3.00 bits per heavy atom. The lowest BCUT2D eigenvalue weighted by molar-refractivity contribution is 0.140. The molecule has 20 heavy (non-hydrogen) atoms. The van der Waals surface area contributed by atoms with Crippen molar-refractivity contribution in [2.24, 2.45) is 11.7 Å². The SMILES string of the molecule is COCC1CCN(C2CCCc3ccccc3C2N)C1. The van der Waals surface area contributed by atoms with E-state index < -0.39 is 0 Å². The van der Waals surface area contributed by atoms with Gasteiger partial charge in [0.15, 0.2) is 0 Å². The minimum absolute atomic E-state index is 0.162. The topological polar surface area (TPSA) is 38.5 Å². The van der Waals surface area contributed by atoms with Gasteiger partial charge in [-0.15, -0.1) is 0 Å². The highest BCUT2D eigenvalue weighted by atomic mass is 16.5. The summed E-state index contributed by atoms with van der Waals surface area (Å²) in [6.07, 6.45) is 4.89. The summed E-state index contributed by atoms with van der Waals surface area (Å²) in [4.78, 5) is 2.61. The quantitative estimate of drug-likeness (QED) is 0.860. The van der Waals surface area contributed by atoms with Gasteiger partial charge in [-0.2, -0.15) is 0 Å². The largest absolute Gasteiger partial charge is 0.384 e. The Labute approximate surface area is 122 Å². The summed E-state index contributed by atoms with van der Waals surface area (Å²) in [5.74, 6) is 0.686. The third kappa shape index (κ3) is 2.76. The highest BCUT2D eigenvalue weighted by Crippen LogP contribution is 2.33. The fourth-order valence-electron chi connectivity index (χ4n) is 3.92. The molecule has 1 heterocycles. The molecule has 3 heteroatoms. The molecule has 110 valence electrons. The van der Waals surface area contributed by atoms with Crippen molar-refractivity contribution in [2.75, 3.05) is 26.8 Å². The van der Waals surface area contributed by atoms with Gasteiger partial charge in [0.05, 0.1) is 6.61 Å². The van der Waals surface area contributed by atoms with Crippen LogP contribution in [0.15, 0.2) is 24.3 Å². The second-order valence-corrected chi connectivity index (χ2v) is 6.29. The average molecular weight is 274 g/mol. The molecule has 0 aromatic heterocycles. The molecule has 3 unspecified atom stereocenters. The smallest absolute Gasteiger partial charge is 0.0503 e. The molecule has 2 N–H and O–H groups in total. The van der Waals surface area contributed by atoms with Crippen molar-refractivity contribution in [3.05, 3.63) is 35.4 Å². The van der Waals surface area contributed by atoms with Crippen molar-refractivity contribution in [1.82, 2.24) is 4.90 Å². The summed E-state index contributed by atoms with van der Waals surface area (Å²) in [5.41, 5.74) is 9.44. The maximum absolute atomic E-state index is 6.62. The van der Waals surface area contributed by atoms with Crippen LogP contribution in [-0.2, 0) is 11.2 Å². The van der Waals surface area contributed by atoms with Gasteiger partial charge < -0.3 is 10.5 Å². The molecule has 0 spiro atoms. The number of methoxy groups -OCH3 is 1. The van der Waals surface area contributed by atoms with Crippen LogP contribution >= 0.6 is 0 Å². The summed E-state index contributed by atoms with van der Waals surface area (Å²) in [6, 6.07) is 9.39. The standard InChI is InChI=1S/C17H26N2O/c1-20-12-13-9-10-19(11-13)16-8-4-6-14-5-2-3-7-15(14)17(16)18/h2-3,5,7,13,16-17H,4,6,8-12,18H2,1H3. The second kappa shape index (κ2) is 6.25.